The number of benzene rings is 3. The largest absolute Gasteiger partial charge is 0.496 e. The van der Waals surface area contributed by atoms with Gasteiger partial charge in [0, 0.05) is 16.4 Å². The summed E-state index contributed by atoms with van der Waals surface area (Å²) in [7, 11) is 1.77. The Hall–Kier alpha value is -2.54. The second-order valence-electron chi connectivity index (χ2n) is 8.36. The molecule has 0 bridgehead atoms. The van der Waals surface area contributed by atoms with E-state index in [2.05, 4.69) is 107 Å². The Balaban J connectivity index is 2.21. The molecule has 0 aromatic heterocycles. The molecule has 0 N–H and O–H groups in total. The molecule has 0 aliphatic carbocycles. The average molecular weight is 359 g/mol. The molecule has 1 heteroatoms. The lowest BCUT2D eigenvalue weighted by atomic mass is 9.72. The molecule has 0 unspecified atom stereocenters. The lowest BCUT2D eigenvalue weighted by Crippen LogP contribution is -2.24. The van der Waals surface area contributed by atoms with Crippen molar-refractivity contribution in [2.45, 2.75) is 45.4 Å². The summed E-state index contributed by atoms with van der Waals surface area (Å²) < 4.78 is 5.86. The molecule has 0 amide bonds. The van der Waals surface area contributed by atoms with Crippen LogP contribution in [0, 0.1) is 6.92 Å². The molecule has 27 heavy (non-hydrogen) atoms. The summed E-state index contributed by atoms with van der Waals surface area (Å²) in [5, 5.41) is 0. The summed E-state index contributed by atoms with van der Waals surface area (Å²) in [5.74, 6) is 0.983. The Morgan fingerprint density at radius 3 is 1.59 bits per heavy atom. The summed E-state index contributed by atoms with van der Waals surface area (Å²) in [6.45, 7) is 11.3. The van der Waals surface area contributed by atoms with Crippen LogP contribution in [0.5, 0.6) is 5.75 Å². The van der Waals surface area contributed by atoms with Crippen LogP contribution in [0.3, 0.4) is 0 Å². The summed E-state index contributed by atoms with van der Waals surface area (Å²) in [6.07, 6.45) is 0. The van der Waals surface area contributed by atoms with Gasteiger partial charge in [-0.1, -0.05) is 100 Å². The van der Waals surface area contributed by atoms with Gasteiger partial charge in [0.1, 0.15) is 5.75 Å². The summed E-state index contributed by atoms with van der Waals surface area (Å²) >= 11 is 0. The second kappa shape index (κ2) is 7.23. The molecule has 140 valence electrons. The first-order valence-corrected chi connectivity index (χ1v) is 9.59. The Morgan fingerprint density at radius 2 is 1.11 bits per heavy atom. The third-order valence-electron chi connectivity index (χ3n) is 5.86. The maximum absolute atomic E-state index is 5.86. The number of hydrogen-bond donors (Lipinski definition) is 0. The molecule has 0 saturated carbocycles. The van der Waals surface area contributed by atoms with Gasteiger partial charge in [-0.05, 0) is 29.2 Å². The van der Waals surface area contributed by atoms with E-state index in [0.29, 0.717) is 0 Å². The van der Waals surface area contributed by atoms with Crippen LogP contribution in [-0.2, 0) is 10.8 Å². The van der Waals surface area contributed by atoms with Crippen molar-refractivity contribution >= 4 is 0 Å². The van der Waals surface area contributed by atoms with Gasteiger partial charge >= 0.3 is 0 Å². The molecule has 3 aromatic rings. The molecule has 3 rings (SSSR count). The molecule has 0 fully saturated rings. The van der Waals surface area contributed by atoms with E-state index in [1.165, 1.54) is 27.8 Å². The zero-order chi connectivity index (χ0) is 19.7. The van der Waals surface area contributed by atoms with Crippen molar-refractivity contribution in [1.29, 1.82) is 0 Å². The number of aryl methyl sites for hydroxylation is 1. The lowest BCUT2D eigenvalue weighted by molar-refractivity contribution is 0.397. The molecular formula is C26H30O. The number of ether oxygens (including phenoxy) is 1. The van der Waals surface area contributed by atoms with Crippen LogP contribution in [0.15, 0.2) is 72.8 Å². The molecule has 0 radical (unpaired) electrons. The van der Waals surface area contributed by atoms with E-state index in [1.807, 2.05) is 0 Å². The van der Waals surface area contributed by atoms with Crippen LogP contribution < -0.4 is 4.74 Å². The van der Waals surface area contributed by atoms with Crippen LogP contribution in [-0.4, -0.2) is 7.11 Å². The van der Waals surface area contributed by atoms with E-state index in [1.54, 1.807) is 7.11 Å². The smallest absolute Gasteiger partial charge is 0.125 e. The highest BCUT2D eigenvalue weighted by molar-refractivity contribution is 5.54. The van der Waals surface area contributed by atoms with Crippen LogP contribution in [0.25, 0.3) is 0 Å². The van der Waals surface area contributed by atoms with Crippen molar-refractivity contribution in [3.8, 4) is 5.75 Å². The number of rotatable bonds is 5. The summed E-state index contributed by atoms with van der Waals surface area (Å²) in [6, 6.07) is 26.0. The molecule has 0 aliphatic heterocycles. The highest BCUT2D eigenvalue weighted by atomic mass is 16.5. The van der Waals surface area contributed by atoms with Gasteiger partial charge in [-0.15, -0.1) is 0 Å². The van der Waals surface area contributed by atoms with Gasteiger partial charge in [-0.25, -0.2) is 0 Å². The van der Waals surface area contributed by atoms with Crippen molar-refractivity contribution in [2.24, 2.45) is 0 Å². The summed E-state index contributed by atoms with van der Waals surface area (Å²) in [5.41, 5.74) is 6.09. The first-order valence-electron chi connectivity index (χ1n) is 9.59. The van der Waals surface area contributed by atoms with Crippen LogP contribution >= 0.6 is 0 Å². The fraction of sp³-hybridized carbons (Fsp3) is 0.308. The van der Waals surface area contributed by atoms with E-state index >= 15 is 0 Å². The highest BCUT2D eigenvalue weighted by Crippen LogP contribution is 2.42. The van der Waals surface area contributed by atoms with Gasteiger partial charge < -0.3 is 4.74 Å². The predicted molar refractivity (Wildman–Crippen MR) is 115 cm³/mol. The quantitative estimate of drug-likeness (QED) is 0.496. The second-order valence-corrected chi connectivity index (χ2v) is 8.36. The fourth-order valence-electron chi connectivity index (χ4n) is 3.90. The maximum Gasteiger partial charge on any atom is 0.125 e. The zero-order valence-electron chi connectivity index (χ0n) is 17.3. The van der Waals surface area contributed by atoms with Gasteiger partial charge in [0.2, 0.25) is 0 Å². The fourth-order valence-corrected chi connectivity index (χ4v) is 3.90. The third kappa shape index (κ3) is 3.51. The van der Waals surface area contributed by atoms with Crippen LogP contribution in [0.4, 0.5) is 0 Å². The standard InChI is InChI=1S/C26H30O/c1-19-17-22(25(2,3)20-13-9-7-10-14-20)18-23(24(19)27-6)26(4,5)21-15-11-8-12-16-21/h7-18H,1-6H3. The van der Waals surface area contributed by atoms with E-state index in [9.17, 15) is 0 Å². The highest BCUT2D eigenvalue weighted by Gasteiger charge is 2.31. The van der Waals surface area contributed by atoms with Crippen molar-refractivity contribution in [3.63, 3.8) is 0 Å². The molecule has 1 nitrogen and oxygen atoms in total. The number of hydrogen-bond acceptors (Lipinski definition) is 1. The van der Waals surface area contributed by atoms with Crippen LogP contribution in [0.1, 0.15) is 55.5 Å². The molecule has 0 heterocycles. The average Bonchev–Trinajstić information content (AvgIpc) is 2.68. The van der Waals surface area contributed by atoms with Crippen molar-refractivity contribution in [1.82, 2.24) is 0 Å². The molecule has 0 saturated heterocycles. The minimum atomic E-state index is -0.153. The van der Waals surface area contributed by atoms with Crippen molar-refractivity contribution in [2.75, 3.05) is 7.11 Å². The zero-order valence-corrected chi connectivity index (χ0v) is 17.3. The molecule has 0 atom stereocenters. The summed E-state index contributed by atoms with van der Waals surface area (Å²) in [4.78, 5) is 0. The van der Waals surface area contributed by atoms with Gasteiger partial charge in [0.05, 0.1) is 7.11 Å². The first-order chi connectivity index (χ1) is 12.8. The third-order valence-corrected chi connectivity index (χ3v) is 5.86. The van der Waals surface area contributed by atoms with Crippen molar-refractivity contribution in [3.05, 3.63) is 101 Å². The minimum absolute atomic E-state index is 0.0835. The Morgan fingerprint density at radius 1 is 0.630 bits per heavy atom. The Bertz CT molecular complexity index is 906. The molecule has 3 aromatic carbocycles. The predicted octanol–water partition coefficient (Wildman–Crippen LogP) is 6.66. The lowest BCUT2D eigenvalue weighted by Gasteiger charge is -2.33. The van der Waals surface area contributed by atoms with E-state index < -0.39 is 0 Å². The monoisotopic (exact) mass is 358 g/mol. The first kappa shape index (κ1) is 19.2. The molecule has 0 spiro atoms. The topological polar surface area (TPSA) is 9.23 Å². The van der Waals surface area contributed by atoms with Gasteiger partial charge in [-0.3, -0.25) is 0 Å². The van der Waals surface area contributed by atoms with Crippen molar-refractivity contribution < 1.29 is 4.74 Å². The van der Waals surface area contributed by atoms with E-state index in [4.69, 9.17) is 4.74 Å². The SMILES string of the molecule is COc1c(C)cc(C(C)(C)c2ccccc2)cc1C(C)(C)c1ccccc1. The Labute approximate surface area is 164 Å². The van der Waals surface area contributed by atoms with Crippen LogP contribution in [0.2, 0.25) is 0 Å². The Kier molecular flexibility index (Phi) is 5.15. The minimum Gasteiger partial charge on any atom is -0.496 e. The normalized spacial score (nSPS) is 12.1. The number of methoxy groups -OCH3 is 1. The molecule has 0 aliphatic rings. The van der Waals surface area contributed by atoms with E-state index in [0.717, 1.165) is 5.75 Å². The van der Waals surface area contributed by atoms with Gasteiger partial charge in [0.15, 0.2) is 0 Å². The maximum atomic E-state index is 5.86. The van der Waals surface area contributed by atoms with Gasteiger partial charge in [-0.2, -0.15) is 0 Å². The van der Waals surface area contributed by atoms with Gasteiger partial charge in [0.25, 0.3) is 0 Å². The van der Waals surface area contributed by atoms with E-state index in [-0.39, 0.29) is 10.8 Å². The molecular weight excluding hydrogens is 328 g/mol.